The lowest BCUT2D eigenvalue weighted by molar-refractivity contribution is -0.140. The fraction of sp³-hybridized carbons (Fsp3) is 0.923. The van der Waals surface area contributed by atoms with E-state index in [1.165, 1.54) is 10.6 Å². The number of fused-ring (bicyclic) bond motifs is 1. The van der Waals surface area contributed by atoms with Gasteiger partial charge in [-0.1, -0.05) is 6.92 Å². The Morgan fingerprint density at radius 2 is 2.00 bits per heavy atom. The van der Waals surface area contributed by atoms with E-state index in [9.17, 15) is 13.2 Å². The van der Waals surface area contributed by atoms with Gasteiger partial charge >= 0.3 is 0 Å². The van der Waals surface area contributed by atoms with Crippen molar-refractivity contribution >= 4 is 15.9 Å². The van der Waals surface area contributed by atoms with Crippen LogP contribution >= 0.6 is 0 Å². The second-order valence-corrected chi connectivity index (χ2v) is 8.18. The highest BCUT2D eigenvalue weighted by atomic mass is 32.2. The number of piperidine rings is 1. The van der Waals surface area contributed by atoms with E-state index >= 15 is 0 Å². The summed E-state index contributed by atoms with van der Waals surface area (Å²) in [5.41, 5.74) is 0. The maximum Gasteiger partial charge on any atom is 0.226 e. The van der Waals surface area contributed by atoms with Crippen molar-refractivity contribution in [3.8, 4) is 0 Å². The summed E-state index contributed by atoms with van der Waals surface area (Å²) in [6, 6.07) is -0.217. The van der Waals surface area contributed by atoms with Crippen LogP contribution < -0.4 is 0 Å². The lowest BCUT2D eigenvalue weighted by Crippen LogP contribution is -2.62. The predicted molar refractivity (Wildman–Crippen MR) is 73.5 cm³/mol. The van der Waals surface area contributed by atoms with E-state index in [4.69, 9.17) is 4.74 Å². The molecule has 1 amide bonds. The van der Waals surface area contributed by atoms with Crippen LogP contribution in [0.15, 0.2) is 0 Å². The standard InChI is InChI=1S/C13H22N2O4S/c1-9-7-10(9)13(16)14-4-3-12-11(8-14)15(5-6-19-12)20(2,17)18/h9-12H,3-8H2,1-2H3/t9-,10+,11+,12+/m1/s1. The minimum atomic E-state index is -3.25. The van der Waals surface area contributed by atoms with E-state index in [1.54, 1.807) is 0 Å². The molecule has 0 bridgehead atoms. The highest BCUT2D eigenvalue weighted by Gasteiger charge is 2.46. The molecular weight excluding hydrogens is 280 g/mol. The SMILES string of the molecule is C[C@@H]1C[C@@H]1C(=O)N1CC[C@@H]2OCCN(S(C)(=O)=O)[C@H]2C1. The Kier molecular flexibility index (Phi) is 3.54. The van der Waals surface area contributed by atoms with Gasteiger partial charge in [0.05, 0.1) is 25.0 Å². The molecule has 20 heavy (non-hydrogen) atoms. The molecule has 0 spiro atoms. The summed E-state index contributed by atoms with van der Waals surface area (Å²) in [5.74, 6) is 0.826. The highest BCUT2D eigenvalue weighted by molar-refractivity contribution is 7.88. The van der Waals surface area contributed by atoms with Crippen molar-refractivity contribution in [2.75, 3.05) is 32.5 Å². The summed E-state index contributed by atoms with van der Waals surface area (Å²) < 4.78 is 31.0. The fourth-order valence-electron chi connectivity index (χ4n) is 3.35. The number of nitrogens with zero attached hydrogens (tertiary/aromatic N) is 2. The average Bonchev–Trinajstić information content (AvgIpc) is 3.12. The smallest absolute Gasteiger partial charge is 0.226 e. The van der Waals surface area contributed by atoms with E-state index in [-0.39, 0.29) is 24.0 Å². The van der Waals surface area contributed by atoms with Crippen LogP contribution in [0.4, 0.5) is 0 Å². The Morgan fingerprint density at radius 1 is 1.30 bits per heavy atom. The van der Waals surface area contributed by atoms with Crippen molar-refractivity contribution in [3.05, 3.63) is 0 Å². The molecule has 3 rings (SSSR count). The van der Waals surface area contributed by atoms with Crippen LogP contribution in [0.2, 0.25) is 0 Å². The van der Waals surface area contributed by atoms with Crippen LogP contribution in [-0.2, 0) is 19.6 Å². The fourth-order valence-corrected chi connectivity index (χ4v) is 4.45. The maximum atomic E-state index is 12.3. The number of sulfonamides is 1. The molecule has 6 nitrogen and oxygen atoms in total. The Hall–Kier alpha value is -0.660. The molecule has 1 aliphatic carbocycles. The van der Waals surface area contributed by atoms with Gasteiger partial charge in [-0.2, -0.15) is 4.31 Å². The molecule has 4 atom stereocenters. The van der Waals surface area contributed by atoms with Crippen LogP contribution in [0.3, 0.4) is 0 Å². The third kappa shape index (κ3) is 2.58. The predicted octanol–water partition coefficient (Wildman–Crippen LogP) is -0.0963. The zero-order valence-corrected chi connectivity index (χ0v) is 12.8. The number of hydrogen-bond donors (Lipinski definition) is 0. The largest absolute Gasteiger partial charge is 0.375 e. The van der Waals surface area contributed by atoms with Gasteiger partial charge in [0, 0.05) is 25.6 Å². The zero-order valence-electron chi connectivity index (χ0n) is 12.0. The Morgan fingerprint density at radius 3 is 2.60 bits per heavy atom. The van der Waals surface area contributed by atoms with Gasteiger partial charge in [-0.15, -0.1) is 0 Å². The molecule has 0 unspecified atom stereocenters. The van der Waals surface area contributed by atoms with Crippen molar-refractivity contribution in [2.45, 2.75) is 31.9 Å². The monoisotopic (exact) mass is 302 g/mol. The van der Waals surface area contributed by atoms with Crippen molar-refractivity contribution < 1.29 is 17.9 Å². The molecule has 3 aliphatic rings. The molecule has 3 fully saturated rings. The average molecular weight is 302 g/mol. The van der Waals surface area contributed by atoms with Crippen molar-refractivity contribution in [1.82, 2.24) is 9.21 Å². The van der Waals surface area contributed by atoms with E-state index in [2.05, 4.69) is 6.92 Å². The number of carbonyl (C=O) groups is 1. The first kappa shape index (κ1) is 14.3. The maximum absolute atomic E-state index is 12.3. The van der Waals surface area contributed by atoms with E-state index in [0.29, 0.717) is 32.2 Å². The molecule has 0 aromatic carbocycles. The van der Waals surface area contributed by atoms with Crippen LogP contribution in [0.1, 0.15) is 19.8 Å². The van der Waals surface area contributed by atoms with Crippen LogP contribution in [0.25, 0.3) is 0 Å². The summed E-state index contributed by atoms with van der Waals surface area (Å²) >= 11 is 0. The van der Waals surface area contributed by atoms with Gasteiger partial charge in [0.15, 0.2) is 0 Å². The zero-order chi connectivity index (χ0) is 14.5. The second kappa shape index (κ2) is 4.96. The minimum Gasteiger partial charge on any atom is -0.375 e. The lowest BCUT2D eigenvalue weighted by atomic mass is 10.00. The minimum absolute atomic E-state index is 0.0702. The van der Waals surface area contributed by atoms with Crippen molar-refractivity contribution in [2.24, 2.45) is 11.8 Å². The molecule has 114 valence electrons. The summed E-state index contributed by atoms with van der Waals surface area (Å²) in [7, 11) is -3.25. The summed E-state index contributed by atoms with van der Waals surface area (Å²) in [5, 5.41) is 0. The Balaban J connectivity index is 1.73. The Bertz CT molecular complexity index is 507. The summed E-state index contributed by atoms with van der Waals surface area (Å²) in [6.07, 6.45) is 2.86. The van der Waals surface area contributed by atoms with Crippen molar-refractivity contribution in [1.29, 1.82) is 0 Å². The topological polar surface area (TPSA) is 66.9 Å². The normalized spacial score (nSPS) is 38.4. The molecule has 0 aromatic rings. The molecule has 0 N–H and O–H groups in total. The van der Waals surface area contributed by atoms with Gasteiger partial charge in [0.1, 0.15) is 0 Å². The van der Waals surface area contributed by atoms with Gasteiger partial charge in [-0.25, -0.2) is 8.42 Å². The van der Waals surface area contributed by atoms with E-state index in [0.717, 1.165) is 12.8 Å². The second-order valence-electron chi connectivity index (χ2n) is 6.24. The van der Waals surface area contributed by atoms with Gasteiger partial charge < -0.3 is 9.64 Å². The molecule has 2 saturated heterocycles. The molecule has 1 saturated carbocycles. The number of likely N-dealkylation sites (tertiary alicyclic amines) is 1. The molecule has 7 heteroatoms. The van der Waals surface area contributed by atoms with Gasteiger partial charge in [-0.3, -0.25) is 4.79 Å². The number of carbonyl (C=O) groups excluding carboxylic acids is 1. The third-order valence-corrected chi connectivity index (χ3v) is 6.00. The molecule has 0 aromatic heterocycles. The van der Waals surface area contributed by atoms with E-state index < -0.39 is 10.0 Å². The number of hydrogen-bond acceptors (Lipinski definition) is 4. The quantitative estimate of drug-likeness (QED) is 0.715. The number of amides is 1. The van der Waals surface area contributed by atoms with Crippen LogP contribution in [0.5, 0.6) is 0 Å². The number of rotatable bonds is 2. The first-order valence-corrected chi connectivity index (χ1v) is 9.10. The first-order chi connectivity index (χ1) is 9.38. The molecule has 0 radical (unpaired) electrons. The number of ether oxygens (including phenoxy) is 1. The Labute approximate surface area is 120 Å². The summed E-state index contributed by atoms with van der Waals surface area (Å²) in [6.45, 7) is 4.08. The van der Waals surface area contributed by atoms with E-state index in [1.807, 2.05) is 4.90 Å². The number of morpholine rings is 1. The van der Waals surface area contributed by atoms with Gasteiger partial charge in [0.2, 0.25) is 15.9 Å². The van der Waals surface area contributed by atoms with Crippen LogP contribution in [0, 0.1) is 11.8 Å². The molecular formula is C13H22N2O4S. The highest BCUT2D eigenvalue weighted by Crippen LogP contribution is 2.40. The van der Waals surface area contributed by atoms with Gasteiger partial charge in [0.25, 0.3) is 0 Å². The summed E-state index contributed by atoms with van der Waals surface area (Å²) in [4.78, 5) is 14.2. The lowest BCUT2D eigenvalue weighted by Gasteiger charge is -2.45. The third-order valence-electron chi connectivity index (χ3n) is 4.70. The van der Waals surface area contributed by atoms with Crippen LogP contribution in [-0.4, -0.2) is 68.2 Å². The van der Waals surface area contributed by atoms with Gasteiger partial charge in [-0.05, 0) is 18.8 Å². The molecule has 2 heterocycles. The van der Waals surface area contributed by atoms with Crippen molar-refractivity contribution in [3.63, 3.8) is 0 Å². The molecule has 2 aliphatic heterocycles. The first-order valence-electron chi connectivity index (χ1n) is 7.25.